The molecule has 0 spiro atoms. The Balaban J connectivity index is 2.38. The number of methoxy groups -OCH3 is 1. The van der Waals surface area contributed by atoms with E-state index < -0.39 is 11.6 Å². The summed E-state index contributed by atoms with van der Waals surface area (Å²) in [6, 6.07) is 6.50. The van der Waals surface area contributed by atoms with Crippen molar-refractivity contribution >= 4 is 17.4 Å². The van der Waals surface area contributed by atoms with Crippen molar-refractivity contribution in [2.24, 2.45) is 0 Å². The minimum Gasteiger partial charge on any atom is -0.480 e. The van der Waals surface area contributed by atoms with E-state index in [-0.39, 0.29) is 22.2 Å². The lowest BCUT2D eigenvalue weighted by Crippen LogP contribution is -2.06. The molecule has 6 heteroatoms. The topological polar surface area (TPSA) is 52.1 Å². The molecule has 0 bridgehead atoms. The molecule has 0 saturated carbocycles. The van der Waals surface area contributed by atoms with Gasteiger partial charge in [0.2, 0.25) is 11.7 Å². The van der Waals surface area contributed by atoms with Crippen molar-refractivity contribution in [2.45, 2.75) is 0 Å². The molecule has 0 aliphatic heterocycles. The number of ether oxygens (including phenoxy) is 1. The zero-order valence-corrected chi connectivity index (χ0v) is 10.1. The van der Waals surface area contributed by atoms with Crippen LogP contribution in [0, 0.1) is 5.82 Å². The number of carbonyl (C=O) groups excluding carboxylic acids is 1. The van der Waals surface area contributed by atoms with Crippen LogP contribution in [0.1, 0.15) is 16.1 Å². The monoisotopic (exact) mass is 266 g/mol. The minimum atomic E-state index is -0.538. The second kappa shape index (κ2) is 5.10. The van der Waals surface area contributed by atoms with Crippen molar-refractivity contribution in [2.75, 3.05) is 7.11 Å². The highest BCUT2D eigenvalue weighted by Gasteiger charge is 2.15. The molecule has 1 aromatic heterocycles. The first kappa shape index (κ1) is 12.4. The van der Waals surface area contributed by atoms with E-state index in [1.807, 2.05) is 0 Å². The first-order valence-corrected chi connectivity index (χ1v) is 5.37. The zero-order chi connectivity index (χ0) is 13.1. The summed E-state index contributed by atoms with van der Waals surface area (Å²) in [6.07, 6.45) is 0. The van der Waals surface area contributed by atoms with E-state index in [4.69, 9.17) is 16.3 Å². The van der Waals surface area contributed by atoms with Gasteiger partial charge in [-0.15, -0.1) is 10.2 Å². The molecule has 0 unspecified atom stereocenters. The summed E-state index contributed by atoms with van der Waals surface area (Å²) in [5.74, 6) is -0.740. The fourth-order valence-electron chi connectivity index (χ4n) is 1.36. The van der Waals surface area contributed by atoms with Crippen LogP contribution in [0.15, 0.2) is 30.3 Å². The molecule has 2 aromatic rings. The lowest BCUT2D eigenvalue weighted by Gasteiger charge is -2.03. The zero-order valence-electron chi connectivity index (χ0n) is 9.35. The molecule has 4 nitrogen and oxygen atoms in total. The van der Waals surface area contributed by atoms with Crippen LogP contribution in [0.3, 0.4) is 0 Å². The van der Waals surface area contributed by atoms with Crippen molar-refractivity contribution < 1.29 is 13.9 Å². The van der Waals surface area contributed by atoms with Crippen LogP contribution in [-0.2, 0) is 0 Å². The first-order chi connectivity index (χ1) is 8.61. The number of benzene rings is 1. The van der Waals surface area contributed by atoms with Crippen LogP contribution in [0.2, 0.25) is 5.02 Å². The van der Waals surface area contributed by atoms with E-state index in [1.54, 1.807) is 0 Å². The van der Waals surface area contributed by atoms with Gasteiger partial charge in [-0.2, -0.15) is 0 Å². The van der Waals surface area contributed by atoms with E-state index in [0.29, 0.717) is 0 Å². The smallest absolute Gasteiger partial charge is 0.233 e. The third-order valence-electron chi connectivity index (χ3n) is 2.25. The first-order valence-electron chi connectivity index (χ1n) is 4.99. The number of hydrogen-bond acceptors (Lipinski definition) is 4. The standard InChI is InChI=1S/C12H8ClFN2O2/c1-18-11-5-4-10(15-16-11)12(17)8-6-7(14)2-3-9(8)13/h2-6H,1H3. The van der Waals surface area contributed by atoms with Crippen LogP contribution in [0.5, 0.6) is 5.88 Å². The number of aromatic nitrogens is 2. The molecule has 92 valence electrons. The maximum absolute atomic E-state index is 13.1. The lowest BCUT2D eigenvalue weighted by atomic mass is 10.1. The molecule has 1 aromatic carbocycles. The summed E-state index contributed by atoms with van der Waals surface area (Å²) < 4.78 is 17.9. The SMILES string of the molecule is COc1ccc(C(=O)c2cc(F)ccc2Cl)nn1. The highest BCUT2D eigenvalue weighted by Crippen LogP contribution is 2.20. The summed E-state index contributed by atoms with van der Waals surface area (Å²) in [5, 5.41) is 7.52. The van der Waals surface area contributed by atoms with Gasteiger partial charge in [0.25, 0.3) is 0 Å². The third-order valence-corrected chi connectivity index (χ3v) is 2.58. The second-order valence-corrected chi connectivity index (χ2v) is 3.82. The van der Waals surface area contributed by atoms with E-state index in [0.717, 1.165) is 6.07 Å². The summed E-state index contributed by atoms with van der Waals surface area (Å²) >= 11 is 5.84. The van der Waals surface area contributed by atoms with Crippen molar-refractivity contribution in [1.29, 1.82) is 0 Å². The quantitative estimate of drug-likeness (QED) is 0.801. The Morgan fingerprint density at radius 3 is 2.67 bits per heavy atom. The number of nitrogens with zero attached hydrogens (tertiary/aromatic N) is 2. The highest BCUT2D eigenvalue weighted by molar-refractivity contribution is 6.34. The van der Waals surface area contributed by atoms with Gasteiger partial charge in [0.05, 0.1) is 12.1 Å². The number of rotatable bonds is 3. The van der Waals surface area contributed by atoms with Crippen molar-refractivity contribution in [3.05, 3.63) is 52.4 Å². The summed E-state index contributed by atoms with van der Waals surface area (Å²) in [7, 11) is 1.44. The van der Waals surface area contributed by atoms with E-state index in [1.165, 1.54) is 31.4 Å². The van der Waals surface area contributed by atoms with Crippen molar-refractivity contribution in [3.63, 3.8) is 0 Å². The maximum atomic E-state index is 13.1. The van der Waals surface area contributed by atoms with Gasteiger partial charge in [-0.1, -0.05) is 11.6 Å². The third kappa shape index (κ3) is 2.46. The average Bonchev–Trinajstić information content (AvgIpc) is 2.41. The number of ketones is 1. The van der Waals surface area contributed by atoms with Crippen molar-refractivity contribution in [1.82, 2.24) is 10.2 Å². The molecule has 0 saturated heterocycles. The Morgan fingerprint density at radius 2 is 2.06 bits per heavy atom. The van der Waals surface area contributed by atoms with Crippen LogP contribution >= 0.6 is 11.6 Å². The molecule has 0 N–H and O–H groups in total. The number of halogens is 2. The van der Waals surface area contributed by atoms with E-state index in [2.05, 4.69) is 10.2 Å². The highest BCUT2D eigenvalue weighted by atomic mass is 35.5. The molecular formula is C12H8ClFN2O2. The molecule has 0 aliphatic rings. The normalized spacial score (nSPS) is 10.2. The van der Waals surface area contributed by atoms with E-state index in [9.17, 15) is 9.18 Å². The summed E-state index contributed by atoms with van der Waals surface area (Å²) in [6.45, 7) is 0. The van der Waals surface area contributed by atoms with Crippen molar-refractivity contribution in [3.8, 4) is 5.88 Å². The molecule has 1 heterocycles. The Bertz CT molecular complexity index is 587. The largest absolute Gasteiger partial charge is 0.480 e. The molecule has 0 amide bonds. The Hall–Kier alpha value is -2.01. The molecule has 0 atom stereocenters. The fourth-order valence-corrected chi connectivity index (χ4v) is 1.56. The van der Waals surface area contributed by atoms with Gasteiger partial charge in [-0.05, 0) is 24.3 Å². The Morgan fingerprint density at radius 1 is 1.28 bits per heavy atom. The van der Waals surface area contributed by atoms with Crippen LogP contribution in [0.25, 0.3) is 0 Å². The second-order valence-electron chi connectivity index (χ2n) is 3.41. The van der Waals surface area contributed by atoms with Crippen LogP contribution in [-0.4, -0.2) is 23.1 Å². The van der Waals surface area contributed by atoms with Crippen LogP contribution in [0.4, 0.5) is 4.39 Å². The van der Waals surface area contributed by atoms with Gasteiger partial charge < -0.3 is 4.74 Å². The van der Waals surface area contributed by atoms with E-state index >= 15 is 0 Å². The van der Waals surface area contributed by atoms with Gasteiger partial charge in [-0.3, -0.25) is 4.79 Å². The van der Waals surface area contributed by atoms with Gasteiger partial charge in [0, 0.05) is 11.6 Å². The Kier molecular flexibility index (Phi) is 3.53. The predicted octanol–water partition coefficient (Wildman–Crippen LogP) is 2.51. The van der Waals surface area contributed by atoms with Crippen LogP contribution < -0.4 is 4.74 Å². The predicted molar refractivity (Wildman–Crippen MR) is 63.4 cm³/mol. The molecule has 18 heavy (non-hydrogen) atoms. The maximum Gasteiger partial charge on any atom is 0.233 e. The minimum absolute atomic E-state index is 0.0520. The van der Waals surface area contributed by atoms with Gasteiger partial charge in [-0.25, -0.2) is 4.39 Å². The molecular weight excluding hydrogens is 259 g/mol. The van der Waals surface area contributed by atoms with Gasteiger partial charge >= 0.3 is 0 Å². The molecule has 0 radical (unpaired) electrons. The molecule has 2 rings (SSSR count). The fraction of sp³-hybridized carbons (Fsp3) is 0.0833. The summed E-state index contributed by atoms with van der Waals surface area (Å²) in [5.41, 5.74) is 0.124. The lowest BCUT2D eigenvalue weighted by molar-refractivity contribution is 0.103. The Labute approximate surface area is 107 Å². The molecule has 0 fully saturated rings. The van der Waals surface area contributed by atoms with Gasteiger partial charge in [0.1, 0.15) is 11.5 Å². The number of hydrogen-bond donors (Lipinski definition) is 0. The van der Waals surface area contributed by atoms with Gasteiger partial charge in [0.15, 0.2) is 0 Å². The summed E-state index contributed by atoms with van der Waals surface area (Å²) in [4.78, 5) is 12.0. The average molecular weight is 267 g/mol. The molecule has 0 aliphatic carbocycles. The number of carbonyl (C=O) groups is 1.